The molecule has 4 heteroatoms. The number of halogens is 1. The molecule has 2 atom stereocenters. The zero-order chi connectivity index (χ0) is 10.7. The molecule has 1 aliphatic heterocycles. The number of nitrogens with one attached hydrogen (secondary N) is 1. The molecular weight excluding hydrogens is 230 g/mol. The third-order valence-corrected chi connectivity index (χ3v) is 4.03. The fraction of sp³-hybridized carbons (Fsp3) is 0.455. The van der Waals surface area contributed by atoms with E-state index >= 15 is 0 Å². The van der Waals surface area contributed by atoms with E-state index in [1.54, 1.807) is 11.8 Å². The Morgan fingerprint density at radius 1 is 1.33 bits per heavy atom. The molecule has 0 saturated carbocycles. The minimum atomic E-state index is -0.190. The van der Waals surface area contributed by atoms with Crippen LogP contribution in [0.2, 0.25) is 5.02 Å². The number of thioether (sulfide) groups is 1. The van der Waals surface area contributed by atoms with Crippen LogP contribution in [0.25, 0.3) is 0 Å². The lowest BCUT2D eigenvalue weighted by Gasteiger charge is -2.12. The van der Waals surface area contributed by atoms with Crippen LogP contribution in [0.15, 0.2) is 29.2 Å². The van der Waals surface area contributed by atoms with Crippen molar-refractivity contribution in [2.75, 3.05) is 18.8 Å². The maximum atomic E-state index is 9.61. The Morgan fingerprint density at radius 3 is 2.67 bits per heavy atom. The summed E-state index contributed by atoms with van der Waals surface area (Å²) in [6, 6.07) is 7.82. The van der Waals surface area contributed by atoms with E-state index in [1.807, 2.05) is 24.3 Å². The molecular formula is C11H14ClNOS. The maximum absolute atomic E-state index is 9.61. The molecule has 0 aliphatic carbocycles. The Balaban J connectivity index is 1.85. The van der Waals surface area contributed by atoms with Crippen molar-refractivity contribution in [3.63, 3.8) is 0 Å². The summed E-state index contributed by atoms with van der Waals surface area (Å²) in [6.07, 6.45) is -0.190. The minimum absolute atomic E-state index is 0.190. The topological polar surface area (TPSA) is 32.3 Å². The molecule has 1 aliphatic rings. The predicted molar refractivity (Wildman–Crippen MR) is 64.5 cm³/mol. The van der Waals surface area contributed by atoms with E-state index < -0.39 is 0 Å². The number of benzene rings is 1. The zero-order valence-electron chi connectivity index (χ0n) is 8.32. The highest BCUT2D eigenvalue weighted by molar-refractivity contribution is 7.99. The van der Waals surface area contributed by atoms with Gasteiger partial charge in [-0.05, 0) is 24.3 Å². The highest BCUT2D eigenvalue weighted by atomic mass is 35.5. The van der Waals surface area contributed by atoms with E-state index in [-0.39, 0.29) is 6.10 Å². The van der Waals surface area contributed by atoms with E-state index in [1.165, 1.54) is 4.90 Å². The van der Waals surface area contributed by atoms with Gasteiger partial charge in [-0.25, -0.2) is 0 Å². The van der Waals surface area contributed by atoms with Crippen molar-refractivity contribution in [3.05, 3.63) is 29.3 Å². The summed E-state index contributed by atoms with van der Waals surface area (Å²) in [5.74, 6) is 1.32. The molecule has 2 nitrogen and oxygen atoms in total. The summed E-state index contributed by atoms with van der Waals surface area (Å²) in [7, 11) is 0. The molecule has 0 amide bonds. The Labute approximate surface area is 99.0 Å². The quantitative estimate of drug-likeness (QED) is 0.797. The summed E-state index contributed by atoms with van der Waals surface area (Å²) in [6.45, 7) is 1.65. The molecule has 82 valence electrons. The lowest BCUT2D eigenvalue weighted by Crippen LogP contribution is -2.19. The Bertz CT molecular complexity index is 317. The van der Waals surface area contributed by atoms with Crippen LogP contribution in [0.4, 0.5) is 0 Å². The standard InChI is InChI=1S/C11H14ClNOS/c12-9-1-3-10(4-2-9)15-7-8-5-13-6-11(8)14/h1-4,8,11,13-14H,5-7H2/t8-,11+/m1/s1. The molecule has 1 saturated heterocycles. The van der Waals surface area contributed by atoms with E-state index in [4.69, 9.17) is 11.6 Å². The molecule has 0 aromatic heterocycles. The van der Waals surface area contributed by atoms with Crippen molar-refractivity contribution in [1.29, 1.82) is 0 Å². The molecule has 1 fully saturated rings. The van der Waals surface area contributed by atoms with Gasteiger partial charge in [-0.2, -0.15) is 0 Å². The van der Waals surface area contributed by atoms with Gasteiger partial charge in [-0.15, -0.1) is 11.8 Å². The van der Waals surface area contributed by atoms with Crippen LogP contribution in [0.1, 0.15) is 0 Å². The normalized spacial score (nSPS) is 25.7. The summed E-state index contributed by atoms with van der Waals surface area (Å²) >= 11 is 7.57. The smallest absolute Gasteiger partial charge is 0.0712 e. The minimum Gasteiger partial charge on any atom is -0.391 e. The second-order valence-corrected chi connectivity index (χ2v) is 5.28. The van der Waals surface area contributed by atoms with Gasteiger partial charge in [-0.3, -0.25) is 0 Å². The number of aliphatic hydroxyl groups excluding tert-OH is 1. The first-order chi connectivity index (χ1) is 7.25. The van der Waals surface area contributed by atoms with Crippen molar-refractivity contribution in [2.45, 2.75) is 11.0 Å². The fourth-order valence-corrected chi connectivity index (χ4v) is 2.82. The molecule has 1 heterocycles. The first-order valence-electron chi connectivity index (χ1n) is 5.03. The lowest BCUT2D eigenvalue weighted by molar-refractivity contribution is 0.158. The molecule has 2 rings (SSSR count). The zero-order valence-corrected chi connectivity index (χ0v) is 9.89. The summed E-state index contributed by atoms with van der Waals surface area (Å²) in [4.78, 5) is 1.21. The van der Waals surface area contributed by atoms with Crippen LogP contribution in [-0.2, 0) is 0 Å². The van der Waals surface area contributed by atoms with E-state index in [2.05, 4.69) is 5.32 Å². The number of aliphatic hydroxyl groups is 1. The van der Waals surface area contributed by atoms with Crippen LogP contribution < -0.4 is 5.32 Å². The van der Waals surface area contributed by atoms with Gasteiger partial charge < -0.3 is 10.4 Å². The third kappa shape index (κ3) is 3.11. The summed E-state index contributed by atoms with van der Waals surface area (Å²) < 4.78 is 0. The van der Waals surface area contributed by atoms with E-state index in [0.717, 1.165) is 23.9 Å². The number of hydrogen-bond acceptors (Lipinski definition) is 3. The van der Waals surface area contributed by atoms with Crippen molar-refractivity contribution >= 4 is 23.4 Å². The predicted octanol–water partition coefficient (Wildman–Crippen LogP) is 2.01. The van der Waals surface area contributed by atoms with Gasteiger partial charge in [0.25, 0.3) is 0 Å². The number of hydrogen-bond donors (Lipinski definition) is 2. The van der Waals surface area contributed by atoms with Gasteiger partial charge in [-0.1, -0.05) is 11.6 Å². The first kappa shape index (κ1) is 11.3. The fourth-order valence-electron chi connectivity index (χ4n) is 1.62. The van der Waals surface area contributed by atoms with Gasteiger partial charge in [0, 0.05) is 34.7 Å². The van der Waals surface area contributed by atoms with Crippen LogP contribution in [0.3, 0.4) is 0 Å². The molecule has 1 aromatic carbocycles. The summed E-state index contributed by atoms with van der Waals surface area (Å²) in [5.41, 5.74) is 0. The van der Waals surface area contributed by atoms with Gasteiger partial charge in [0.1, 0.15) is 0 Å². The van der Waals surface area contributed by atoms with Gasteiger partial charge in [0.2, 0.25) is 0 Å². The monoisotopic (exact) mass is 243 g/mol. The molecule has 15 heavy (non-hydrogen) atoms. The van der Waals surface area contributed by atoms with Crippen LogP contribution in [0.5, 0.6) is 0 Å². The van der Waals surface area contributed by atoms with Crippen molar-refractivity contribution in [2.24, 2.45) is 5.92 Å². The van der Waals surface area contributed by atoms with Crippen LogP contribution >= 0.6 is 23.4 Å². The van der Waals surface area contributed by atoms with Crippen LogP contribution in [0, 0.1) is 5.92 Å². The molecule has 0 unspecified atom stereocenters. The van der Waals surface area contributed by atoms with Gasteiger partial charge >= 0.3 is 0 Å². The highest BCUT2D eigenvalue weighted by Crippen LogP contribution is 2.24. The second-order valence-electron chi connectivity index (χ2n) is 3.75. The van der Waals surface area contributed by atoms with Crippen molar-refractivity contribution in [1.82, 2.24) is 5.32 Å². The lowest BCUT2D eigenvalue weighted by atomic mass is 10.1. The Morgan fingerprint density at radius 2 is 2.07 bits per heavy atom. The third-order valence-electron chi connectivity index (χ3n) is 2.58. The molecule has 0 bridgehead atoms. The van der Waals surface area contributed by atoms with Gasteiger partial charge in [0.15, 0.2) is 0 Å². The molecule has 2 N–H and O–H groups in total. The van der Waals surface area contributed by atoms with E-state index in [9.17, 15) is 5.11 Å². The van der Waals surface area contributed by atoms with Crippen LogP contribution in [-0.4, -0.2) is 30.1 Å². The largest absolute Gasteiger partial charge is 0.391 e. The number of β-amino-alcohol motifs (C(OH)–C–C–N with tert-alkyl or cyclic N) is 1. The average Bonchev–Trinajstić information content (AvgIpc) is 2.63. The molecule has 0 spiro atoms. The Kier molecular flexibility index (Phi) is 3.92. The van der Waals surface area contributed by atoms with Crippen molar-refractivity contribution < 1.29 is 5.11 Å². The first-order valence-corrected chi connectivity index (χ1v) is 6.39. The Hall–Kier alpha value is -0.220. The second kappa shape index (κ2) is 5.21. The molecule has 1 aromatic rings. The highest BCUT2D eigenvalue weighted by Gasteiger charge is 2.24. The number of rotatable bonds is 3. The SMILES string of the molecule is O[C@H]1CNC[C@@H]1CSc1ccc(Cl)cc1. The van der Waals surface area contributed by atoms with Gasteiger partial charge in [0.05, 0.1) is 6.10 Å². The average molecular weight is 244 g/mol. The van der Waals surface area contributed by atoms with Crippen molar-refractivity contribution in [3.8, 4) is 0 Å². The summed E-state index contributed by atoms with van der Waals surface area (Å²) in [5, 5.41) is 13.6. The maximum Gasteiger partial charge on any atom is 0.0712 e. The molecule has 0 radical (unpaired) electrons. The van der Waals surface area contributed by atoms with E-state index in [0.29, 0.717) is 5.92 Å².